The monoisotopic (exact) mass is 155 g/mol. The van der Waals surface area contributed by atoms with Gasteiger partial charge in [0.1, 0.15) is 0 Å². The lowest BCUT2D eigenvalue weighted by Gasteiger charge is -1.99. The Morgan fingerprint density at radius 2 is 2.17 bits per heavy atom. The van der Waals surface area contributed by atoms with Crippen LogP contribution < -0.4 is 0 Å². The summed E-state index contributed by atoms with van der Waals surface area (Å²) in [6.45, 7) is 2.17. The maximum Gasteiger partial charge on any atom is -0.00992 e. The fourth-order valence-corrected chi connectivity index (χ4v) is 1.39. The number of benzene rings is 2. The van der Waals surface area contributed by atoms with E-state index < -0.39 is 0 Å². The largest absolute Gasteiger partial charge is 0.0613 e. The molecule has 1 radical (unpaired) electrons. The predicted molar refractivity (Wildman–Crippen MR) is 52.2 cm³/mol. The van der Waals surface area contributed by atoms with Crippen molar-refractivity contribution in [1.29, 1.82) is 0 Å². The normalized spacial score (nSPS) is 10.4. The Morgan fingerprint density at radius 3 is 3.00 bits per heavy atom. The van der Waals surface area contributed by atoms with Crippen molar-refractivity contribution in [3.05, 3.63) is 48.0 Å². The van der Waals surface area contributed by atoms with Gasteiger partial charge in [-0.3, -0.25) is 0 Å². The van der Waals surface area contributed by atoms with Crippen LogP contribution in [0.25, 0.3) is 10.8 Å². The summed E-state index contributed by atoms with van der Waals surface area (Å²) in [6, 6.07) is 15.8. The van der Waals surface area contributed by atoms with E-state index >= 15 is 0 Å². The van der Waals surface area contributed by atoms with E-state index in [0.29, 0.717) is 0 Å². The van der Waals surface area contributed by atoms with Gasteiger partial charge in [-0.1, -0.05) is 43.3 Å². The third kappa shape index (κ3) is 1.20. The Hall–Kier alpha value is -1.30. The first-order chi connectivity index (χ1) is 5.90. The number of fused-ring (bicyclic) bond motifs is 1. The van der Waals surface area contributed by atoms with Crippen LogP contribution >= 0.6 is 0 Å². The molecule has 2 rings (SSSR count). The molecule has 2 aromatic rings. The molecule has 2 aromatic carbocycles. The highest BCUT2D eigenvalue weighted by atomic mass is 14.0. The van der Waals surface area contributed by atoms with Crippen molar-refractivity contribution < 1.29 is 0 Å². The van der Waals surface area contributed by atoms with Gasteiger partial charge in [0.05, 0.1) is 0 Å². The Kier molecular flexibility index (Phi) is 1.83. The van der Waals surface area contributed by atoms with E-state index in [4.69, 9.17) is 0 Å². The number of hydrogen-bond acceptors (Lipinski definition) is 0. The lowest BCUT2D eigenvalue weighted by atomic mass is 10.1. The smallest absolute Gasteiger partial charge is 0.00992 e. The van der Waals surface area contributed by atoms with Crippen LogP contribution in [0.3, 0.4) is 0 Å². The highest BCUT2D eigenvalue weighted by Gasteiger charge is 1.92. The Morgan fingerprint density at radius 1 is 1.25 bits per heavy atom. The van der Waals surface area contributed by atoms with Gasteiger partial charge in [-0.15, -0.1) is 0 Å². The van der Waals surface area contributed by atoms with E-state index in [9.17, 15) is 0 Å². The first-order valence-corrected chi connectivity index (χ1v) is 4.29. The molecule has 0 nitrogen and oxygen atoms in total. The van der Waals surface area contributed by atoms with Crippen LogP contribution in [0.5, 0.6) is 0 Å². The van der Waals surface area contributed by atoms with Crippen LogP contribution in [-0.2, 0) is 6.42 Å². The second-order valence-electron chi connectivity index (χ2n) is 2.95. The molecule has 0 amide bonds. The van der Waals surface area contributed by atoms with Crippen LogP contribution in [0.15, 0.2) is 36.4 Å². The highest BCUT2D eigenvalue weighted by molar-refractivity contribution is 5.82. The first kappa shape index (κ1) is 7.35. The van der Waals surface area contributed by atoms with E-state index in [0.717, 1.165) is 6.42 Å². The Bertz CT molecular complexity index is 388. The molecular formula is C12H11. The van der Waals surface area contributed by atoms with Crippen LogP contribution in [0, 0.1) is 6.07 Å². The molecule has 0 N–H and O–H groups in total. The lowest BCUT2D eigenvalue weighted by Crippen LogP contribution is -1.79. The average Bonchev–Trinajstić information content (AvgIpc) is 2.17. The molecule has 0 heteroatoms. The van der Waals surface area contributed by atoms with Crippen molar-refractivity contribution in [2.45, 2.75) is 13.3 Å². The third-order valence-electron chi connectivity index (χ3n) is 2.14. The number of rotatable bonds is 1. The van der Waals surface area contributed by atoms with Crippen LogP contribution in [0.2, 0.25) is 0 Å². The molecular weight excluding hydrogens is 144 g/mol. The predicted octanol–water partition coefficient (Wildman–Crippen LogP) is 3.20. The summed E-state index contributed by atoms with van der Waals surface area (Å²) in [5.74, 6) is 0. The standard InChI is InChI=1S/C12H11/c1-2-10-7-8-11-5-3-4-6-12(11)9-10/h3-4,6-9H,2H2,1H3. The third-order valence-corrected chi connectivity index (χ3v) is 2.14. The van der Waals surface area contributed by atoms with Crippen LogP contribution in [0.4, 0.5) is 0 Å². The average molecular weight is 155 g/mol. The molecule has 0 saturated carbocycles. The molecule has 0 heterocycles. The molecule has 0 aliphatic rings. The second kappa shape index (κ2) is 2.98. The molecule has 0 saturated heterocycles. The SMILES string of the molecule is CCc1ccc2[c]cccc2c1. The fraction of sp³-hybridized carbons (Fsp3) is 0.167. The Balaban J connectivity index is 2.67. The van der Waals surface area contributed by atoms with E-state index in [1.54, 1.807) is 0 Å². The number of aryl methyl sites for hydroxylation is 1. The molecule has 0 aliphatic carbocycles. The molecule has 59 valence electrons. The highest BCUT2D eigenvalue weighted by Crippen LogP contribution is 2.14. The Labute approximate surface area is 72.8 Å². The molecule has 12 heavy (non-hydrogen) atoms. The van der Waals surface area contributed by atoms with Gasteiger partial charge in [0.25, 0.3) is 0 Å². The van der Waals surface area contributed by atoms with Crippen molar-refractivity contribution in [3.8, 4) is 0 Å². The first-order valence-electron chi connectivity index (χ1n) is 4.29. The van der Waals surface area contributed by atoms with Gasteiger partial charge in [0, 0.05) is 0 Å². The van der Waals surface area contributed by atoms with Crippen molar-refractivity contribution in [2.24, 2.45) is 0 Å². The summed E-state index contributed by atoms with van der Waals surface area (Å²) < 4.78 is 0. The second-order valence-corrected chi connectivity index (χ2v) is 2.95. The summed E-state index contributed by atoms with van der Waals surface area (Å²) in [6.07, 6.45) is 1.10. The molecule has 0 aromatic heterocycles. The zero-order valence-corrected chi connectivity index (χ0v) is 7.17. The summed E-state index contributed by atoms with van der Waals surface area (Å²) in [5.41, 5.74) is 1.39. The van der Waals surface area contributed by atoms with E-state index in [2.05, 4.69) is 37.3 Å². The minimum atomic E-state index is 1.10. The van der Waals surface area contributed by atoms with Crippen molar-refractivity contribution in [1.82, 2.24) is 0 Å². The van der Waals surface area contributed by atoms with Crippen LogP contribution in [0.1, 0.15) is 12.5 Å². The maximum absolute atomic E-state index is 3.20. The van der Waals surface area contributed by atoms with E-state index in [1.165, 1.54) is 16.3 Å². The minimum Gasteiger partial charge on any atom is -0.0613 e. The molecule has 0 unspecified atom stereocenters. The van der Waals surface area contributed by atoms with Crippen LogP contribution in [-0.4, -0.2) is 0 Å². The molecule has 0 bridgehead atoms. The maximum atomic E-state index is 3.20. The molecule has 0 atom stereocenters. The van der Waals surface area contributed by atoms with Gasteiger partial charge in [0.2, 0.25) is 0 Å². The zero-order valence-electron chi connectivity index (χ0n) is 7.17. The molecule has 0 spiro atoms. The minimum absolute atomic E-state index is 1.10. The quantitative estimate of drug-likeness (QED) is 0.593. The van der Waals surface area contributed by atoms with E-state index in [1.807, 2.05) is 12.1 Å². The zero-order chi connectivity index (χ0) is 8.39. The van der Waals surface area contributed by atoms with Gasteiger partial charge in [-0.05, 0) is 28.8 Å². The topological polar surface area (TPSA) is 0 Å². The van der Waals surface area contributed by atoms with Gasteiger partial charge >= 0.3 is 0 Å². The molecule has 0 aliphatic heterocycles. The fourth-order valence-electron chi connectivity index (χ4n) is 1.39. The summed E-state index contributed by atoms with van der Waals surface area (Å²) in [5, 5.41) is 2.49. The summed E-state index contributed by atoms with van der Waals surface area (Å²) >= 11 is 0. The van der Waals surface area contributed by atoms with Crippen molar-refractivity contribution in [3.63, 3.8) is 0 Å². The van der Waals surface area contributed by atoms with E-state index in [-0.39, 0.29) is 0 Å². The number of hydrogen-bond donors (Lipinski definition) is 0. The van der Waals surface area contributed by atoms with Gasteiger partial charge < -0.3 is 0 Å². The van der Waals surface area contributed by atoms with Crippen molar-refractivity contribution >= 4 is 10.8 Å². The summed E-state index contributed by atoms with van der Waals surface area (Å²) in [7, 11) is 0. The molecule has 0 fully saturated rings. The van der Waals surface area contributed by atoms with Gasteiger partial charge in [0.15, 0.2) is 0 Å². The lowest BCUT2D eigenvalue weighted by molar-refractivity contribution is 1.15. The summed E-state index contributed by atoms with van der Waals surface area (Å²) in [4.78, 5) is 0. The van der Waals surface area contributed by atoms with Gasteiger partial charge in [-0.25, -0.2) is 0 Å². The van der Waals surface area contributed by atoms with Crippen molar-refractivity contribution in [2.75, 3.05) is 0 Å². The van der Waals surface area contributed by atoms with Gasteiger partial charge in [-0.2, -0.15) is 0 Å².